The van der Waals surface area contributed by atoms with Crippen molar-refractivity contribution >= 4 is 29.2 Å². The van der Waals surface area contributed by atoms with Crippen LogP contribution in [0.4, 0.5) is 0 Å². The lowest BCUT2D eigenvalue weighted by Crippen LogP contribution is -2.56. The molecule has 5 rings (SSSR count). The van der Waals surface area contributed by atoms with Gasteiger partial charge in [0.2, 0.25) is 11.7 Å². The molecule has 7 atom stereocenters. The number of carbonyl (C=O) groups excluding carboxylic acids is 4. The van der Waals surface area contributed by atoms with E-state index in [-0.39, 0.29) is 47.3 Å². The van der Waals surface area contributed by atoms with Crippen molar-refractivity contribution in [3.05, 3.63) is 51.6 Å². The van der Waals surface area contributed by atoms with Crippen molar-refractivity contribution < 1.29 is 68.8 Å². The standard InChI is InChI=1S/C47H65NO14/c1-4-5-6-7-8-9-10-11-12-13-14-15-16-18-28(22-36(52)53)21-35(51)48-31-23-37(61-27(2)42(31)54)62-33-25-47(59,34(50)26-49)24-30-39(33)46(58)41-40(44(30)56)43(55)29-19-17-20-32(60-3)38(29)45(41)57/h17,19-20,27-28,31,33,37,42,49,54,56,58-59H,4-16,18,21-26H2,1-3H3,(H,48,51)(H,52,53)/t27-,28?,31-,33-,37-,42+,47-/m0/s1. The summed E-state index contributed by atoms with van der Waals surface area (Å²) in [6.07, 6.45) is 9.34. The number of aliphatic hydroxyl groups is 3. The van der Waals surface area contributed by atoms with Gasteiger partial charge >= 0.3 is 5.97 Å². The van der Waals surface area contributed by atoms with Gasteiger partial charge in [-0.1, -0.05) is 103 Å². The highest BCUT2D eigenvalue weighted by Crippen LogP contribution is 2.52. The minimum Gasteiger partial charge on any atom is -0.507 e. The molecule has 1 saturated heterocycles. The average molecular weight is 868 g/mol. The van der Waals surface area contributed by atoms with Crippen LogP contribution in [0.3, 0.4) is 0 Å². The Bertz CT molecular complexity index is 1930. The lowest BCUT2D eigenvalue weighted by Gasteiger charge is -2.43. The predicted molar refractivity (Wildman–Crippen MR) is 226 cm³/mol. The van der Waals surface area contributed by atoms with E-state index in [0.29, 0.717) is 6.42 Å². The minimum absolute atomic E-state index is 0.0592. The van der Waals surface area contributed by atoms with Crippen LogP contribution in [0.15, 0.2) is 18.2 Å². The monoisotopic (exact) mass is 867 g/mol. The Morgan fingerprint density at radius 1 is 0.887 bits per heavy atom. The number of carbonyl (C=O) groups is 5. The molecule has 342 valence electrons. The molecule has 1 amide bonds. The Balaban J connectivity index is 1.26. The summed E-state index contributed by atoms with van der Waals surface area (Å²) in [5.41, 5.74) is -4.08. The lowest BCUT2D eigenvalue weighted by molar-refractivity contribution is -0.249. The van der Waals surface area contributed by atoms with Crippen molar-refractivity contribution in [1.29, 1.82) is 0 Å². The van der Waals surface area contributed by atoms with Crippen LogP contribution < -0.4 is 10.1 Å². The van der Waals surface area contributed by atoms with E-state index in [1.165, 1.54) is 90.0 Å². The molecule has 1 fully saturated rings. The molecule has 0 aromatic heterocycles. The Kier molecular flexibility index (Phi) is 17.5. The van der Waals surface area contributed by atoms with Crippen LogP contribution in [0.2, 0.25) is 0 Å². The van der Waals surface area contributed by atoms with E-state index in [1.54, 1.807) is 0 Å². The van der Waals surface area contributed by atoms with Crippen molar-refractivity contribution in [3.63, 3.8) is 0 Å². The van der Waals surface area contributed by atoms with Crippen LogP contribution in [0, 0.1) is 5.92 Å². The number of carboxylic acid groups (broad SMARTS) is 1. The number of unbranched alkanes of at least 4 members (excludes halogenated alkanes) is 12. The summed E-state index contributed by atoms with van der Waals surface area (Å²) < 4.78 is 17.6. The van der Waals surface area contributed by atoms with Gasteiger partial charge in [0.05, 0.1) is 42.0 Å². The van der Waals surface area contributed by atoms with Gasteiger partial charge in [0, 0.05) is 48.8 Å². The van der Waals surface area contributed by atoms with Gasteiger partial charge in [0.1, 0.15) is 35.6 Å². The molecule has 2 aliphatic carbocycles. The normalized spacial score (nSPS) is 23.5. The number of Topliss-reactive ketones (excluding diaryl/α,β-unsaturated/α-hetero) is 1. The Hall–Kier alpha value is -4.41. The van der Waals surface area contributed by atoms with Gasteiger partial charge in [-0.25, -0.2) is 0 Å². The number of aromatic hydroxyl groups is 2. The number of phenols is 2. The zero-order valence-electron chi connectivity index (χ0n) is 36.3. The number of aliphatic carboxylic acids is 1. The van der Waals surface area contributed by atoms with Gasteiger partial charge in [0.25, 0.3) is 0 Å². The smallest absolute Gasteiger partial charge is 0.303 e. The maximum atomic E-state index is 14.0. The third kappa shape index (κ3) is 11.4. The fourth-order valence-electron chi connectivity index (χ4n) is 9.36. The van der Waals surface area contributed by atoms with Crippen LogP contribution in [-0.2, 0) is 30.3 Å². The van der Waals surface area contributed by atoms with E-state index < -0.39 is 113 Å². The summed E-state index contributed by atoms with van der Waals surface area (Å²) in [5, 5.41) is 68.4. The molecular weight excluding hydrogens is 803 g/mol. The summed E-state index contributed by atoms with van der Waals surface area (Å²) in [6.45, 7) is 2.68. The molecule has 0 spiro atoms. The molecule has 7 N–H and O–H groups in total. The van der Waals surface area contributed by atoms with Gasteiger partial charge in [-0.05, 0) is 25.3 Å². The number of ether oxygens (including phenoxy) is 3. The van der Waals surface area contributed by atoms with Crippen LogP contribution >= 0.6 is 0 Å². The van der Waals surface area contributed by atoms with Crippen LogP contribution in [0.5, 0.6) is 17.2 Å². The molecule has 0 bridgehead atoms. The minimum atomic E-state index is -2.35. The second-order valence-corrected chi connectivity index (χ2v) is 17.4. The van der Waals surface area contributed by atoms with Crippen LogP contribution in [0.25, 0.3) is 0 Å². The lowest BCUT2D eigenvalue weighted by atomic mass is 9.72. The SMILES string of the molecule is CCCCCCCCCCCCCCCC(CC(=O)O)CC(=O)N[C@H]1C[C@H](O[C@H]2C[C@](O)(C(=O)CO)Cc3c(O)c4c(c(O)c32)C(=O)c2c(OC)cccc2C4=O)O[C@@H](C)[C@H]1O. The third-order valence-corrected chi connectivity index (χ3v) is 12.8. The number of aliphatic hydroxyl groups excluding tert-OH is 2. The number of amides is 1. The van der Waals surface area contributed by atoms with Gasteiger partial charge in [-0.2, -0.15) is 0 Å². The van der Waals surface area contributed by atoms with Crippen molar-refractivity contribution in [2.75, 3.05) is 13.7 Å². The largest absolute Gasteiger partial charge is 0.507 e. The molecule has 1 aliphatic heterocycles. The van der Waals surface area contributed by atoms with E-state index in [0.717, 1.165) is 25.7 Å². The summed E-state index contributed by atoms with van der Waals surface area (Å²) in [5.74, 6) is -6.00. The molecule has 2 aromatic carbocycles. The Morgan fingerprint density at radius 2 is 1.50 bits per heavy atom. The number of rotatable bonds is 24. The zero-order chi connectivity index (χ0) is 45.1. The highest BCUT2D eigenvalue weighted by molar-refractivity contribution is 6.31. The third-order valence-electron chi connectivity index (χ3n) is 12.8. The summed E-state index contributed by atoms with van der Waals surface area (Å²) in [7, 11) is 1.31. The Morgan fingerprint density at radius 3 is 2.10 bits per heavy atom. The second-order valence-electron chi connectivity index (χ2n) is 17.4. The van der Waals surface area contributed by atoms with Gasteiger partial charge < -0.3 is 50.2 Å². The number of carboxylic acids is 1. The zero-order valence-corrected chi connectivity index (χ0v) is 36.3. The summed E-state index contributed by atoms with van der Waals surface area (Å²) in [4.78, 5) is 66.0. The first-order chi connectivity index (χ1) is 29.6. The number of benzene rings is 2. The van der Waals surface area contributed by atoms with Crippen molar-refractivity contribution in [1.82, 2.24) is 5.32 Å². The molecule has 15 heteroatoms. The second kappa shape index (κ2) is 22.3. The topological polar surface area (TPSA) is 246 Å². The number of hydrogen-bond acceptors (Lipinski definition) is 13. The molecule has 62 heavy (non-hydrogen) atoms. The fourth-order valence-corrected chi connectivity index (χ4v) is 9.36. The highest BCUT2D eigenvalue weighted by Gasteiger charge is 2.50. The van der Waals surface area contributed by atoms with Gasteiger partial charge in [-0.15, -0.1) is 0 Å². The van der Waals surface area contributed by atoms with Crippen molar-refractivity contribution in [2.24, 2.45) is 5.92 Å². The van der Waals surface area contributed by atoms with E-state index in [2.05, 4.69) is 12.2 Å². The summed E-state index contributed by atoms with van der Waals surface area (Å²) in [6, 6.07) is 3.37. The predicted octanol–water partition coefficient (Wildman–Crippen LogP) is 6.12. The number of fused-ring (bicyclic) bond motifs is 3. The van der Waals surface area contributed by atoms with E-state index in [9.17, 15) is 54.6 Å². The number of methoxy groups -OCH3 is 1. The molecule has 3 aliphatic rings. The van der Waals surface area contributed by atoms with Crippen molar-refractivity contribution in [3.8, 4) is 17.2 Å². The molecule has 2 aromatic rings. The van der Waals surface area contributed by atoms with Gasteiger partial charge in [-0.3, -0.25) is 24.0 Å². The van der Waals surface area contributed by atoms with E-state index in [4.69, 9.17) is 14.2 Å². The average Bonchev–Trinajstić information content (AvgIpc) is 3.23. The number of phenolic OH excluding ortho intramolecular Hbond substituents is 2. The Labute approximate surface area is 363 Å². The first-order valence-corrected chi connectivity index (χ1v) is 22.4. The maximum Gasteiger partial charge on any atom is 0.303 e. The van der Waals surface area contributed by atoms with Crippen LogP contribution in [-0.4, -0.2) is 104 Å². The van der Waals surface area contributed by atoms with Crippen molar-refractivity contribution in [2.45, 2.75) is 172 Å². The number of hydrogen-bond donors (Lipinski definition) is 7. The molecular formula is C47H65NO14. The van der Waals surface area contributed by atoms with Gasteiger partial charge in [0.15, 0.2) is 17.9 Å². The fraction of sp³-hybridized carbons (Fsp3) is 0.638. The summed E-state index contributed by atoms with van der Waals surface area (Å²) >= 11 is 0. The van der Waals surface area contributed by atoms with Crippen LogP contribution in [0.1, 0.15) is 178 Å². The molecule has 15 nitrogen and oxygen atoms in total. The number of ketones is 3. The molecule has 0 radical (unpaired) electrons. The molecule has 0 saturated carbocycles. The number of nitrogens with one attached hydrogen (secondary N) is 1. The van der Waals surface area contributed by atoms with E-state index >= 15 is 0 Å². The quantitative estimate of drug-likeness (QED) is 0.0396. The molecule has 1 unspecified atom stereocenters. The van der Waals surface area contributed by atoms with E-state index in [1.807, 2.05) is 0 Å². The molecule has 1 heterocycles. The highest BCUT2D eigenvalue weighted by atomic mass is 16.7. The first-order valence-electron chi connectivity index (χ1n) is 22.4. The first kappa shape index (κ1) is 48.6. The maximum absolute atomic E-state index is 14.0.